The summed E-state index contributed by atoms with van der Waals surface area (Å²) in [6, 6.07) is 6.07. The zero-order valence-electron chi connectivity index (χ0n) is 17.5. The van der Waals surface area contributed by atoms with E-state index in [1.807, 2.05) is 25.3 Å². The number of hydrogen-bond acceptors (Lipinski definition) is 4. The first-order chi connectivity index (χ1) is 14.5. The fraction of sp³-hybridized carbons (Fsp3) is 0.391. The van der Waals surface area contributed by atoms with Crippen LogP contribution in [0, 0.1) is 6.92 Å². The van der Waals surface area contributed by atoms with Gasteiger partial charge < -0.3 is 15.3 Å². The van der Waals surface area contributed by atoms with Gasteiger partial charge in [-0.3, -0.25) is 0 Å². The van der Waals surface area contributed by atoms with E-state index in [2.05, 4.69) is 22.6 Å². The van der Waals surface area contributed by atoms with Gasteiger partial charge in [0.25, 0.3) is 0 Å². The van der Waals surface area contributed by atoms with Crippen LogP contribution in [0.4, 0.5) is 4.39 Å². The van der Waals surface area contributed by atoms with Gasteiger partial charge in [-0.05, 0) is 54.2 Å². The predicted octanol–water partition coefficient (Wildman–Crippen LogP) is 3.56. The Morgan fingerprint density at radius 2 is 2.13 bits per heavy atom. The number of aromatic amines is 1. The summed E-state index contributed by atoms with van der Waals surface area (Å²) in [6.07, 6.45) is 7.03. The molecule has 0 aliphatic heterocycles. The highest BCUT2D eigenvalue weighted by Crippen LogP contribution is 2.38. The van der Waals surface area contributed by atoms with Crippen LogP contribution in [0.2, 0.25) is 0 Å². The molecule has 1 saturated carbocycles. The molecule has 0 bridgehead atoms. The second-order valence-electron chi connectivity index (χ2n) is 7.87. The van der Waals surface area contributed by atoms with Crippen LogP contribution < -0.4 is 20.0 Å². The molecule has 0 unspecified atom stereocenters. The first-order valence-corrected chi connectivity index (χ1v) is 10.2. The molecule has 0 saturated heterocycles. The summed E-state index contributed by atoms with van der Waals surface area (Å²) in [5.74, 6) is 0.541. The van der Waals surface area contributed by atoms with Gasteiger partial charge in [0.15, 0.2) is 0 Å². The lowest BCUT2D eigenvalue weighted by Crippen LogP contribution is -2.44. The number of fused-ring (bicyclic) bond motifs is 1. The van der Waals surface area contributed by atoms with Gasteiger partial charge in [-0.1, -0.05) is 12.7 Å². The second-order valence-corrected chi connectivity index (χ2v) is 7.87. The molecule has 3 aromatic heterocycles. The quantitative estimate of drug-likeness (QED) is 0.480. The van der Waals surface area contributed by atoms with E-state index in [0.717, 1.165) is 33.4 Å². The molecule has 0 atom stereocenters. The summed E-state index contributed by atoms with van der Waals surface area (Å²) in [5.41, 5.74) is 9.14. The number of H-pyrrole nitrogens is 1. The minimum absolute atomic E-state index is 0.0840. The lowest BCUT2D eigenvalue weighted by atomic mass is 9.85. The number of nitrogens with zero attached hydrogens (tertiary/aromatic N) is 2. The Balaban J connectivity index is 1.75. The van der Waals surface area contributed by atoms with Crippen molar-refractivity contribution in [3.8, 4) is 17.0 Å². The Bertz CT molecular complexity index is 1070. The summed E-state index contributed by atoms with van der Waals surface area (Å²) in [7, 11) is 1.63. The summed E-state index contributed by atoms with van der Waals surface area (Å²) in [4.78, 5) is 13.3. The number of allylic oxidation sites excluding steroid dienone is 1. The molecule has 0 amide bonds. The largest absolute Gasteiger partial charge is 0.474 e. The minimum atomic E-state index is -1.29. The Morgan fingerprint density at radius 1 is 1.37 bits per heavy atom. The number of ether oxygens (including phenoxy) is 1. The third-order valence-corrected chi connectivity index (χ3v) is 5.92. The molecule has 0 radical (unpaired) electrons. The number of nitrogens with two attached hydrogens (primary N) is 1. The van der Waals surface area contributed by atoms with Crippen molar-refractivity contribution in [1.29, 1.82) is 0 Å². The number of rotatable bonds is 6. The van der Waals surface area contributed by atoms with Gasteiger partial charge in [0, 0.05) is 30.8 Å². The first kappa shape index (κ1) is 20.3. The van der Waals surface area contributed by atoms with Crippen LogP contribution >= 0.6 is 0 Å². The number of hydrogen-bond donors (Lipinski definition) is 2. The number of halogens is 1. The molecular weight excluding hydrogens is 383 g/mol. The number of nitrogens with one attached hydrogen (secondary N) is 1. The third kappa shape index (κ3) is 3.65. The first-order valence-electron chi connectivity index (χ1n) is 10.2. The maximum Gasteiger partial charge on any atom is 0.326 e. The van der Waals surface area contributed by atoms with Gasteiger partial charge in [-0.25, -0.2) is 14.4 Å². The van der Waals surface area contributed by atoms with Crippen molar-refractivity contribution in [3.05, 3.63) is 54.5 Å². The lowest BCUT2D eigenvalue weighted by molar-refractivity contribution is -0.870. The van der Waals surface area contributed by atoms with Gasteiger partial charge in [-0.2, -0.15) is 0 Å². The topological polar surface area (TPSA) is 77.0 Å². The molecule has 0 spiro atoms. The molecule has 1 fully saturated rings. The van der Waals surface area contributed by atoms with E-state index in [1.54, 1.807) is 18.0 Å². The zero-order chi connectivity index (χ0) is 21.3. The molecule has 0 aromatic carbocycles. The van der Waals surface area contributed by atoms with E-state index in [-0.39, 0.29) is 6.10 Å². The SMILES string of the molecule is C=CC1(F)CCC(Oc2ncc(CN)cc2-c2cc(C)[n+](OC)c3[nH]ccc23)CC1. The van der Waals surface area contributed by atoms with Gasteiger partial charge in [0.1, 0.15) is 24.6 Å². The fourth-order valence-corrected chi connectivity index (χ4v) is 4.17. The molecule has 4 rings (SSSR count). The maximum absolute atomic E-state index is 14.5. The van der Waals surface area contributed by atoms with Crippen LogP contribution in [-0.2, 0) is 6.54 Å². The van der Waals surface area contributed by atoms with Crippen molar-refractivity contribution in [2.75, 3.05) is 7.11 Å². The van der Waals surface area contributed by atoms with Gasteiger partial charge in [0.2, 0.25) is 5.88 Å². The average molecular weight is 412 g/mol. The molecule has 3 aromatic rings. The summed E-state index contributed by atoms with van der Waals surface area (Å²) in [6.45, 7) is 5.99. The van der Waals surface area contributed by atoms with E-state index < -0.39 is 5.67 Å². The van der Waals surface area contributed by atoms with E-state index in [9.17, 15) is 4.39 Å². The van der Waals surface area contributed by atoms with E-state index in [1.165, 1.54) is 6.08 Å². The smallest absolute Gasteiger partial charge is 0.326 e. The van der Waals surface area contributed by atoms with Crippen molar-refractivity contribution in [2.24, 2.45) is 5.73 Å². The lowest BCUT2D eigenvalue weighted by Gasteiger charge is -2.32. The molecule has 7 heteroatoms. The summed E-state index contributed by atoms with van der Waals surface area (Å²) in [5, 5.41) is 0.987. The molecule has 6 nitrogen and oxygen atoms in total. The normalized spacial score (nSPS) is 21.5. The van der Waals surface area contributed by atoms with E-state index in [0.29, 0.717) is 38.1 Å². The van der Waals surface area contributed by atoms with Crippen LogP contribution in [0.3, 0.4) is 0 Å². The van der Waals surface area contributed by atoms with Crippen LogP contribution in [0.1, 0.15) is 36.9 Å². The van der Waals surface area contributed by atoms with Crippen LogP contribution in [0.25, 0.3) is 22.2 Å². The highest BCUT2D eigenvalue weighted by Gasteiger charge is 2.34. The fourth-order valence-electron chi connectivity index (χ4n) is 4.17. The third-order valence-electron chi connectivity index (χ3n) is 5.92. The standard InChI is InChI=1S/C23H27FN4O2/c1-4-23(24)8-5-17(6-9-23)30-22-20(12-16(13-25)14-27-22)19-11-15(2)28(29-3)21-18(19)7-10-26-21/h4,7,10-12,14,17H,1,5-6,8-9,13,25H2,2-3H3/p+1. The molecule has 3 heterocycles. The monoisotopic (exact) mass is 411 g/mol. The molecule has 3 N–H and O–H groups in total. The van der Waals surface area contributed by atoms with Gasteiger partial charge in [0.05, 0.1) is 11.6 Å². The van der Waals surface area contributed by atoms with Crippen molar-refractivity contribution >= 4 is 11.0 Å². The number of alkyl halides is 1. The van der Waals surface area contributed by atoms with E-state index >= 15 is 0 Å². The Morgan fingerprint density at radius 3 is 2.80 bits per heavy atom. The molecule has 30 heavy (non-hydrogen) atoms. The van der Waals surface area contributed by atoms with Gasteiger partial charge in [-0.15, -0.1) is 0 Å². The summed E-state index contributed by atoms with van der Waals surface area (Å²) >= 11 is 0. The van der Waals surface area contributed by atoms with E-state index in [4.69, 9.17) is 15.3 Å². The highest BCUT2D eigenvalue weighted by molar-refractivity contribution is 5.93. The molecule has 1 aliphatic carbocycles. The molecule has 158 valence electrons. The molecular formula is C23H28FN4O2+. The van der Waals surface area contributed by atoms with Crippen LogP contribution in [0.5, 0.6) is 5.88 Å². The summed E-state index contributed by atoms with van der Waals surface area (Å²) < 4.78 is 22.5. The number of aryl methyl sites for hydroxylation is 1. The average Bonchev–Trinajstić information content (AvgIpc) is 3.25. The van der Waals surface area contributed by atoms with Gasteiger partial charge >= 0.3 is 5.65 Å². The number of aromatic nitrogens is 3. The number of pyridine rings is 2. The Kier molecular flexibility index (Phi) is 5.47. The Labute approximate surface area is 175 Å². The van der Waals surface area contributed by atoms with Crippen LogP contribution in [0.15, 0.2) is 43.2 Å². The van der Waals surface area contributed by atoms with Crippen molar-refractivity contribution in [2.45, 2.75) is 50.9 Å². The highest BCUT2D eigenvalue weighted by atomic mass is 19.1. The predicted molar refractivity (Wildman–Crippen MR) is 114 cm³/mol. The van der Waals surface area contributed by atoms with Crippen LogP contribution in [-0.4, -0.2) is 28.9 Å². The van der Waals surface area contributed by atoms with Crippen molar-refractivity contribution < 1.29 is 18.7 Å². The zero-order valence-corrected chi connectivity index (χ0v) is 17.5. The second kappa shape index (κ2) is 8.07. The van der Waals surface area contributed by atoms with Crippen molar-refractivity contribution in [3.63, 3.8) is 0 Å². The van der Waals surface area contributed by atoms with Crippen molar-refractivity contribution in [1.82, 2.24) is 9.97 Å². The minimum Gasteiger partial charge on any atom is -0.474 e. The Hall–Kier alpha value is -2.93. The maximum atomic E-state index is 14.5. The molecule has 1 aliphatic rings.